The number of ether oxygens (including phenoxy) is 1. The second kappa shape index (κ2) is 7.39. The molecule has 0 saturated heterocycles. The van der Waals surface area contributed by atoms with E-state index in [2.05, 4.69) is 4.74 Å². The molecule has 0 aliphatic carbocycles. The lowest BCUT2D eigenvalue weighted by atomic mass is 10.2. The maximum Gasteiger partial charge on any atom is 0.449 e. The predicted octanol–water partition coefficient (Wildman–Crippen LogP) is 4.05. The van der Waals surface area contributed by atoms with Gasteiger partial charge in [0.2, 0.25) is 5.76 Å². The van der Waals surface area contributed by atoms with Crippen molar-refractivity contribution in [2.75, 3.05) is 6.61 Å². The molecule has 0 aromatic carbocycles. The number of aliphatic hydroxyl groups is 1. The monoisotopic (exact) mass is 308 g/mol. The van der Waals surface area contributed by atoms with Gasteiger partial charge in [-0.1, -0.05) is 26.2 Å². The smallest absolute Gasteiger partial charge is 0.449 e. The fourth-order valence-electron chi connectivity index (χ4n) is 1.25. The van der Waals surface area contributed by atoms with Gasteiger partial charge in [-0.15, -0.1) is 0 Å². The molecule has 0 spiro atoms. The molecule has 0 atom stereocenters. The van der Waals surface area contributed by atoms with Gasteiger partial charge in [-0.05, 0) is 6.42 Å². The Morgan fingerprint density at radius 3 is 1.95 bits per heavy atom. The summed E-state index contributed by atoms with van der Waals surface area (Å²) < 4.78 is 77.4. The quantitative estimate of drug-likeness (QED) is 0.265. The number of carbonyl (C=O) groups is 1. The zero-order valence-corrected chi connectivity index (χ0v) is 10.6. The maximum absolute atomic E-state index is 12.4. The zero-order chi connectivity index (χ0) is 16.0. The second-order valence-electron chi connectivity index (χ2n) is 3.92. The average molecular weight is 308 g/mol. The molecule has 0 aromatic heterocycles. The minimum Gasteiger partial charge on any atom is -0.504 e. The van der Waals surface area contributed by atoms with E-state index in [1.54, 1.807) is 0 Å². The highest BCUT2D eigenvalue weighted by atomic mass is 19.4. The van der Waals surface area contributed by atoms with Crippen LogP contribution < -0.4 is 0 Å². The number of esters is 1. The summed E-state index contributed by atoms with van der Waals surface area (Å²) in [6.07, 6.45) is -8.94. The zero-order valence-electron chi connectivity index (χ0n) is 10.6. The molecule has 0 fully saturated rings. The third kappa shape index (κ3) is 6.16. The molecule has 0 aromatic rings. The van der Waals surface area contributed by atoms with E-state index in [9.17, 15) is 31.1 Å². The van der Waals surface area contributed by atoms with Crippen LogP contribution in [0.1, 0.15) is 32.6 Å². The summed E-state index contributed by atoms with van der Waals surface area (Å²) in [7, 11) is 0. The van der Waals surface area contributed by atoms with Crippen molar-refractivity contribution in [3.05, 3.63) is 11.3 Å². The van der Waals surface area contributed by atoms with Gasteiger partial charge in [0, 0.05) is 0 Å². The Bertz CT molecular complexity index is 356. The Balaban J connectivity index is 4.88. The van der Waals surface area contributed by atoms with Crippen molar-refractivity contribution in [1.82, 2.24) is 0 Å². The van der Waals surface area contributed by atoms with Gasteiger partial charge in [-0.2, -0.15) is 26.3 Å². The van der Waals surface area contributed by atoms with Crippen molar-refractivity contribution in [3.63, 3.8) is 0 Å². The van der Waals surface area contributed by atoms with Gasteiger partial charge in [-0.25, -0.2) is 4.79 Å². The van der Waals surface area contributed by atoms with E-state index >= 15 is 0 Å². The van der Waals surface area contributed by atoms with E-state index < -0.39 is 36.3 Å². The number of allylic oxidation sites excluding steroid dienone is 1. The SMILES string of the molecule is CCCCCCOC(=O)/C(=C(\O)C(F)(F)F)C(F)(F)F. The lowest BCUT2D eigenvalue weighted by Gasteiger charge is -2.15. The van der Waals surface area contributed by atoms with E-state index in [4.69, 9.17) is 5.11 Å². The number of unbranched alkanes of at least 4 members (excludes halogenated alkanes) is 3. The summed E-state index contributed by atoms with van der Waals surface area (Å²) >= 11 is 0. The van der Waals surface area contributed by atoms with Crippen LogP contribution in [0.3, 0.4) is 0 Å². The van der Waals surface area contributed by atoms with Crippen LogP contribution >= 0.6 is 0 Å². The topological polar surface area (TPSA) is 46.5 Å². The summed E-state index contributed by atoms with van der Waals surface area (Å²) in [5.74, 6) is -5.23. The maximum atomic E-state index is 12.4. The van der Waals surface area contributed by atoms with Crippen LogP contribution in [0.2, 0.25) is 0 Å². The number of alkyl halides is 6. The first-order valence-electron chi connectivity index (χ1n) is 5.76. The Morgan fingerprint density at radius 1 is 1.00 bits per heavy atom. The second-order valence-corrected chi connectivity index (χ2v) is 3.92. The number of hydrogen-bond donors (Lipinski definition) is 1. The number of rotatable bonds is 6. The third-order valence-electron chi connectivity index (χ3n) is 2.22. The third-order valence-corrected chi connectivity index (χ3v) is 2.22. The minimum absolute atomic E-state index is 0.234. The Labute approximate surface area is 111 Å². The molecule has 0 unspecified atom stereocenters. The molecule has 1 N–H and O–H groups in total. The van der Waals surface area contributed by atoms with Gasteiger partial charge in [-0.3, -0.25) is 0 Å². The average Bonchev–Trinajstić information content (AvgIpc) is 2.25. The van der Waals surface area contributed by atoms with Gasteiger partial charge in [0.25, 0.3) is 0 Å². The molecule has 0 heterocycles. The lowest BCUT2D eigenvalue weighted by Crippen LogP contribution is -2.29. The van der Waals surface area contributed by atoms with Crippen LogP contribution in [0.5, 0.6) is 0 Å². The standard InChI is InChI=1S/C11H14F6O3/c1-2-3-4-5-6-20-9(19)7(10(12,13)14)8(18)11(15,16)17/h18H,2-6H2,1H3/b8-7+. The molecule has 0 radical (unpaired) electrons. The van der Waals surface area contributed by atoms with Gasteiger partial charge >= 0.3 is 18.3 Å². The van der Waals surface area contributed by atoms with Crippen LogP contribution in [0.25, 0.3) is 0 Å². The highest BCUT2D eigenvalue weighted by molar-refractivity contribution is 5.90. The largest absolute Gasteiger partial charge is 0.504 e. The first kappa shape index (κ1) is 18.6. The van der Waals surface area contributed by atoms with Crippen molar-refractivity contribution in [1.29, 1.82) is 0 Å². The first-order valence-corrected chi connectivity index (χ1v) is 5.76. The molecule has 118 valence electrons. The Hall–Kier alpha value is -1.41. The van der Waals surface area contributed by atoms with Gasteiger partial charge in [0.1, 0.15) is 0 Å². The van der Waals surface area contributed by atoms with E-state index in [1.165, 1.54) is 0 Å². The number of carbonyl (C=O) groups excluding carboxylic acids is 1. The van der Waals surface area contributed by atoms with Crippen molar-refractivity contribution >= 4 is 5.97 Å². The van der Waals surface area contributed by atoms with Crippen molar-refractivity contribution in [2.24, 2.45) is 0 Å². The molecule has 0 bridgehead atoms. The molecule has 0 amide bonds. The highest BCUT2D eigenvalue weighted by Gasteiger charge is 2.50. The molecule has 3 nitrogen and oxygen atoms in total. The molecule has 0 aliphatic rings. The normalized spacial score (nSPS) is 13.9. The van der Waals surface area contributed by atoms with Crippen LogP contribution in [0.15, 0.2) is 11.3 Å². The van der Waals surface area contributed by atoms with Crippen LogP contribution in [0, 0.1) is 0 Å². The summed E-state index contributed by atoms with van der Waals surface area (Å²) in [6.45, 7) is 1.43. The molecule has 0 rings (SSSR count). The number of halogens is 6. The Morgan fingerprint density at radius 2 is 1.55 bits per heavy atom. The van der Waals surface area contributed by atoms with Crippen LogP contribution in [-0.2, 0) is 9.53 Å². The van der Waals surface area contributed by atoms with Crippen molar-refractivity contribution in [3.8, 4) is 0 Å². The van der Waals surface area contributed by atoms with E-state index in [-0.39, 0.29) is 6.42 Å². The fourth-order valence-corrected chi connectivity index (χ4v) is 1.25. The molecular weight excluding hydrogens is 294 g/mol. The molecular formula is C11H14F6O3. The lowest BCUT2D eigenvalue weighted by molar-refractivity contribution is -0.161. The predicted molar refractivity (Wildman–Crippen MR) is 56.9 cm³/mol. The molecule has 0 aliphatic heterocycles. The molecule has 9 heteroatoms. The first-order chi connectivity index (χ1) is 9.01. The van der Waals surface area contributed by atoms with Gasteiger partial charge in [0.05, 0.1) is 6.61 Å². The van der Waals surface area contributed by atoms with Crippen molar-refractivity contribution in [2.45, 2.75) is 45.0 Å². The van der Waals surface area contributed by atoms with E-state index in [0.29, 0.717) is 6.42 Å². The fraction of sp³-hybridized carbons (Fsp3) is 0.727. The van der Waals surface area contributed by atoms with Gasteiger partial charge in [0.15, 0.2) is 5.57 Å². The molecule has 0 saturated carbocycles. The highest BCUT2D eigenvalue weighted by Crippen LogP contribution is 2.35. The van der Waals surface area contributed by atoms with Crippen LogP contribution in [-0.4, -0.2) is 30.0 Å². The van der Waals surface area contributed by atoms with E-state index in [0.717, 1.165) is 12.8 Å². The van der Waals surface area contributed by atoms with Crippen LogP contribution in [0.4, 0.5) is 26.3 Å². The van der Waals surface area contributed by atoms with E-state index in [1.807, 2.05) is 6.92 Å². The summed E-state index contributed by atoms with van der Waals surface area (Å²) in [6, 6.07) is 0. The number of hydrogen-bond acceptors (Lipinski definition) is 3. The summed E-state index contributed by atoms with van der Waals surface area (Å²) in [5.41, 5.74) is -2.74. The van der Waals surface area contributed by atoms with Gasteiger partial charge < -0.3 is 9.84 Å². The Kier molecular flexibility index (Phi) is 6.87. The number of aliphatic hydroxyl groups excluding tert-OH is 1. The molecule has 20 heavy (non-hydrogen) atoms. The van der Waals surface area contributed by atoms with Crippen molar-refractivity contribution < 1.29 is 41.0 Å². The summed E-state index contributed by atoms with van der Waals surface area (Å²) in [4.78, 5) is 11.1. The minimum atomic E-state index is -5.67. The summed E-state index contributed by atoms with van der Waals surface area (Å²) in [5, 5.41) is 8.53.